The second-order valence-corrected chi connectivity index (χ2v) is 8.84. The molecule has 3 rings (SSSR count). The molecule has 1 aliphatic heterocycles. The summed E-state index contributed by atoms with van der Waals surface area (Å²) in [7, 11) is 0. The Balaban J connectivity index is 1.63. The Labute approximate surface area is 187 Å². The van der Waals surface area contributed by atoms with Gasteiger partial charge in [-0.1, -0.05) is 44.2 Å². The molecule has 1 N–H and O–H groups in total. The number of hydrogen-bond donors (Lipinski definition) is 1. The van der Waals surface area contributed by atoms with Gasteiger partial charge in [-0.15, -0.1) is 11.8 Å². The van der Waals surface area contributed by atoms with Crippen molar-refractivity contribution >= 4 is 23.4 Å². The molecule has 1 heterocycles. The van der Waals surface area contributed by atoms with Gasteiger partial charge in [0.1, 0.15) is 11.1 Å². The summed E-state index contributed by atoms with van der Waals surface area (Å²) in [5, 5.41) is 14.1. The normalized spacial score (nSPS) is 16.2. The summed E-state index contributed by atoms with van der Waals surface area (Å²) in [5.41, 5.74) is 2.05. The molecular weight excluding hydrogens is 414 g/mol. The highest BCUT2D eigenvalue weighted by Gasteiger charge is 2.34. The maximum atomic E-state index is 12.6. The number of nitro benzene ring substituents is 1. The van der Waals surface area contributed by atoms with Gasteiger partial charge in [-0.25, -0.2) is 0 Å². The van der Waals surface area contributed by atoms with Crippen LogP contribution in [0.2, 0.25) is 0 Å². The smallest absolute Gasteiger partial charge is 0.269 e. The number of rotatable bonds is 11. The molecule has 7 nitrogen and oxygen atoms in total. The van der Waals surface area contributed by atoms with E-state index in [1.165, 1.54) is 12.1 Å². The van der Waals surface area contributed by atoms with Crippen molar-refractivity contribution in [2.45, 2.75) is 38.1 Å². The third kappa shape index (κ3) is 6.45. The van der Waals surface area contributed by atoms with Crippen molar-refractivity contribution in [3.05, 3.63) is 69.8 Å². The second-order valence-electron chi connectivity index (χ2n) is 7.77. The number of non-ortho nitro benzene ring substituents is 1. The number of benzene rings is 2. The highest BCUT2D eigenvalue weighted by atomic mass is 32.2. The van der Waals surface area contributed by atoms with Gasteiger partial charge in [0.05, 0.1) is 17.3 Å². The van der Waals surface area contributed by atoms with E-state index < -0.39 is 4.92 Å². The molecule has 1 aliphatic rings. The van der Waals surface area contributed by atoms with Gasteiger partial charge in [0.2, 0.25) is 5.91 Å². The summed E-state index contributed by atoms with van der Waals surface area (Å²) in [6.07, 6.45) is 1.55. The van der Waals surface area contributed by atoms with Gasteiger partial charge >= 0.3 is 0 Å². The Morgan fingerprint density at radius 3 is 2.68 bits per heavy atom. The highest BCUT2D eigenvalue weighted by molar-refractivity contribution is 8.00. The van der Waals surface area contributed by atoms with Crippen molar-refractivity contribution in [2.75, 3.05) is 25.4 Å². The van der Waals surface area contributed by atoms with Gasteiger partial charge < -0.3 is 15.0 Å². The van der Waals surface area contributed by atoms with Crippen molar-refractivity contribution in [1.82, 2.24) is 10.2 Å². The largest absolute Gasteiger partial charge is 0.493 e. The summed E-state index contributed by atoms with van der Waals surface area (Å²) in [4.78, 5) is 24.9. The molecule has 2 aromatic carbocycles. The number of hydrogen-bond acceptors (Lipinski definition) is 6. The number of carbonyl (C=O) groups is 1. The molecule has 0 aromatic heterocycles. The quantitative estimate of drug-likeness (QED) is 0.319. The van der Waals surface area contributed by atoms with Gasteiger partial charge in [0.15, 0.2) is 0 Å². The summed E-state index contributed by atoms with van der Waals surface area (Å²) in [5.74, 6) is 1.37. The molecule has 0 aliphatic carbocycles. The van der Waals surface area contributed by atoms with E-state index in [0.29, 0.717) is 31.4 Å². The van der Waals surface area contributed by atoms with Crippen LogP contribution in [0.5, 0.6) is 5.75 Å². The third-order valence-electron chi connectivity index (χ3n) is 5.07. The van der Waals surface area contributed by atoms with E-state index >= 15 is 0 Å². The summed E-state index contributed by atoms with van der Waals surface area (Å²) < 4.78 is 6.06. The van der Waals surface area contributed by atoms with Crippen LogP contribution in [0, 0.1) is 10.1 Å². The number of ether oxygens (including phenoxy) is 1. The molecule has 8 heteroatoms. The van der Waals surface area contributed by atoms with Crippen molar-refractivity contribution in [1.29, 1.82) is 0 Å². The van der Waals surface area contributed by atoms with E-state index in [-0.39, 0.29) is 17.0 Å². The summed E-state index contributed by atoms with van der Waals surface area (Å²) in [6, 6.07) is 14.9. The van der Waals surface area contributed by atoms with Crippen LogP contribution < -0.4 is 10.1 Å². The molecule has 166 valence electrons. The molecule has 0 spiro atoms. The Morgan fingerprint density at radius 1 is 1.23 bits per heavy atom. The van der Waals surface area contributed by atoms with E-state index in [4.69, 9.17) is 4.74 Å². The zero-order valence-electron chi connectivity index (χ0n) is 18.0. The molecule has 31 heavy (non-hydrogen) atoms. The number of nitro groups is 1. The lowest BCUT2D eigenvalue weighted by atomic mass is 10.1. The summed E-state index contributed by atoms with van der Waals surface area (Å²) >= 11 is 1.61. The predicted octanol–water partition coefficient (Wildman–Crippen LogP) is 4.18. The lowest BCUT2D eigenvalue weighted by Crippen LogP contribution is -2.30. The maximum Gasteiger partial charge on any atom is 0.269 e. The van der Waals surface area contributed by atoms with Crippen molar-refractivity contribution in [2.24, 2.45) is 0 Å². The fourth-order valence-electron chi connectivity index (χ4n) is 3.45. The fraction of sp³-hybridized carbons (Fsp3) is 0.435. The van der Waals surface area contributed by atoms with Gasteiger partial charge in [-0.05, 0) is 31.0 Å². The lowest BCUT2D eigenvalue weighted by molar-refractivity contribution is -0.384. The van der Waals surface area contributed by atoms with Crippen molar-refractivity contribution in [3.63, 3.8) is 0 Å². The minimum absolute atomic E-state index is 0.0732. The molecular formula is C23H29N3O4S. The molecule has 1 saturated heterocycles. The number of thioether (sulfide) groups is 1. The summed E-state index contributed by atoms with van der Waals surface area (Å²) in [6.45, 7) is 6.31. The minimum Gasteiger partial charge on any atom is -0.493 e. The maximum absolute atomic E-state index is 12.6. The van der Waals surface area contributed by atoms with Crippen molar-refractivity contribution < 1.29 is 14.5 Å². The Hall–Kier alpha value is -2.58. The number of nitrogens with zero attached hydrogens (tertiary/aromatic N) is 2. The molecule has 1 fully saturated rings. The van der Waals surface area contributed by atoms with Gasteiger partial charge in [0, 0.05) is 30.3 Å². The number of nitrogens with one attached hydrogen (secondary N) is 1. The van der Waals surface area contributed by atoms with E-state index in [0.717, 1.165) is 29.8 Å². The van der Waals surface area contributed by atoms with E-state index in [2.05, 4.69) is 19.2 Å². The average Bonchev–Trinajstić information content (AvgIpc) is 3.12. The first kappa shape index (κ1) is 23.1. The Morgan fingerprint density at radius 2 is 1.97 bits per heavy atom. The van der Waals surface area contributed by atoms with Crippen LogP contribution >= 0.6 is 11.8 Å². The zero-order valence-corrected chi connectivity index (χ0v) is 18.8. The van der Waals surface area contributed by atoms with Crippen LogP contribution in [-0.4, -0.2) is 47.2 Å². The van der Waals surface area contributed by atoms with Crippen LogP contribution in [0.15, 0.2) is 48.5 Å². The Kier molecular flexibility index (Phi) is 8.31. The highest BCUT2D eigenvalue weighted by Crippen LogP contribution is 2.42. The second kappa shape index (κ2) is 11.2. The van der Waals surface area contributed by atoms with Gasteiger partial charge in [-0.3, -0.25) is 14.9 Å². The molecule has 2 aromatic rings. The van der Waals surface area contributed by atoms with E-state index in [9.17, 15) is 14.9 Å². The zero-order chi connectivity index (χ0) is 22.2. The SMILES string of the molecule is CC(C)NCCCOc1ccccc1C1SCC(=O)N1CCc1ccc([N+](=O)[O-])cc1. The monoisotopic (exact) mass is 443 g/mol. The first-order chi connectivity index (χ1) is 15.0. The van der Waals surface area contributed by atoms with E-state index in [1.807, 2.05) is 29.2 Å². The standard InChI is InChI=1S/C23H29N3O4S/c1-17(2)24-13-5-15-30-21-7-4-3-6-20(21)23-25(22(27)16-31-23)14-12-18-8-10-19(11-9-18)26(28)29/h3-4,6-11,17,23-24H,5,12-16H2,1-2H3. The van der Waals surface area contributed by atoms with Crippen molar-refractivity contribution in [3.8, 4) is 5.75 Å². The molecule has 1 amide bonds. The number of amides is 1. The van der Waals surface area contributed by atoms with Gasteiger partial charge in [-0.2, -0.15) is 0 Å². The van der Waals surface area contributed by atoms with Crippen LogP contribution in [0.1, 0.15) is 36.8 Å². The minimum atomic E-state index is -0.406. The predicted molar refractivity (Wildman–Crippen MR) is 123 cm³/mol. The molecule has 0 saturated carbocycles. The number of para-hydroxylation sites is 1. The number of carbonyl (C=O) groups excluding carboxylic acids is 1. The van der Waals surface area contributed by atoms with Gasteiger partial charge in [0.25, 0.3) is 5.69 Å². The average molecular weight is 444 g/mol. The van der Waals surface area contributed by atoms with Crippen LogP contribution in [-0.2, 0) is 11.2 Å². The Bertz CT molecular complexity index is 889. The lowest BCUT2D eigenvalue weighted by Gasteiger charge is -2.26. The van der Waals surface area contributed by atoms with Crippen LogP contribution in [0.3, 0.4) is 0 Å². The topological polar surface area (TPSA) is 84.7 Å². The third-order valence-corrected chi connectivity index (χ3v) is 6.31. The first-order valence-electron chi connectivity index (χ1n) is 10.5. The van der Waals surface area contributed by atoms with E-state index in [1.54, 1.807) is 23.9 Å². The first-order valence-corrected chi connectivity index (χ1v) is 11.6. The van der Waals surface area contributed by atoms with Crippen LogP contribution in [0.4, 0.5) is 5.69 Å². The van der Waals surface area contributed by atoms with Crippen LogP contribution in [0.25, 0.3) is 0 Å². The molecule has 1 unspecified atom stereocenters. The molecule has 0 bridgehead atoms. The fourth-order valence-corrected chi connectivity index (χ4v) is 4.69. The molecule has 1 atom stereocenters. The molecule has 0 radical (unpaired) electrons.